The number of carbonyl (C=O) groups excluding carboxylic acids is 3. The Balaban J connectivity index is 1.30. The summed E-state index contributed by atoms with van der Waals surface area (Å²) >= 11 is 1.32. The van der Waals surface area contributed by atoms with Crippen LogP contribution in [0.4, 0.5) is 17.1 Å². The Morgan fingerprint density at radius 3 is 1.83 bits per heavy atom. The van der Waals surface area contributed by atoms with Crippen molar-refractivity contribution in [3.05, 3.63) is 172 Å². The van der Waals surface area contributed by atoms with Crippen LogP contribution in [0.2, 0.25) is 0 Å². The summed E-state index contributed by atoms with van der Waals surface area (Å²) in [6, 6.07) is 39.7. The van der Waals surface area contributed by atoms with Gasteiger partial charge in [0.05, 0.1) is 4.92 Å². The maximum atomic E-state index is 13.4. The molecule has 1 unspecified atom stereocenters. The number of amides is 3. The van der Waals surface area contributed by atoms with Crippen molar-refractivity contribution in [3.63, 3.8) is 0 Å². The first kappa shape index (κ1) is 31.4. The van der Waals surface area contributed by atoms with Crippen LogP contribution in [0.1, 0.15) is 26.7 Å². The topological polar surface area (TPSA) is 130 Å². The minimum atomic E-state index is -0.634. The van der Waals surface area contributed by atoms with E-state index in [0.29, 0.717) is 16.9 Å². The van der Waals surface area contributed by atoms with Gasteiger partial charge in [-0.2, -0.15) is 0 Å². The highest BCUT2D eigenvalue weighted by molar-refractivity contribution is 8.00. The summed E-state index contributed by atoms with van der Waals surface area (Å²) < 4.78 is 0. The molecule has 1 atom stereocenters. The highest BCUT2D eigenvalue weighted by Gasteiger charge is 2.23. The Morgan fingerprint density at radius 1 is 0.674 bits per heavy atom. The summed E-state index contributed by atoms with van der Waals surface area (Å²) in [5.41, 5.74) is 2.87. The quantitative estimate of drug-likeness (QED) is 0.0602. The summed E-state index contributed by atoms with van der Waals surface area (Å²) in [7, 11) is 0. The lowest BCUT2D eigenvalue weighted by Gasteiger charge is -2.17. The van der Waals surface area contributed by atoms with Gasteiger partial charge in [-0.25, -0.2) is 0 Å². The van der Waals surface area contributed by atoms with Crippen molar-refractivity contribution < 1.29 is 19.3 Å². The van der Waals surface area contributed by atoms with Crippen molar-refractivity contribution in [3.8, 4) is 0 Å². The van der Waals surface area contributed by atoms with Gasteiger partial charge >= 0.3 is 0 Å². The Bertz CT molecular complexity index is 1850. The number of hydrogen-bond donors (Lipinski definition) is 3. The van der Waals surface area contributed by atoms with Crippen LogP contribution >= 0.6 is 11.8 Å². The molecule has 0 fully saturated rings. The van der Waals surface area contributed by atoms with E-state index in [4.69, 9.17) is 0 Å². The van der Waals surface area contributed by atoms with Gasteiger partial charge in [0.1, 0.15) is 10.9 Å². The van der Waals surface area contributed by atoms with E-state index in [1.807, 2.05) is 60.7 Å². The van der Waals surface area contributed by atoms with E-state index >= 15 is 0 Å². The van der Waals surface area contributed by atoms with Crippen molar-refractivity contribution in [2.45, 2.75) is 10.1 Å². The number of nitro benzene ring substituents is 1. The predicted molar refractivity (Wildman–Crippen MR) is 180 cm³/mol. The van der Waals surface area contributed by atoms with E-state index in [2.05, 4.69) is 16.0 Å². The van der Waals surface area contributed by atoms with E-state index in [-0.39, 0.29) is 17.3 Å². The van der Waals surface area contributed by atoms with Gasteiger partial charge in [-0.05, 0) is 65.7 Å². The van der Waals surface area contributed by atoms with Crippen molar-refractivity contribution >= 4 is 52.6 Å². The second-order valence-corrected chi connectivity index (χ2v) is 11.1. The summed E-state index contributed by atoms with van der Waals surface area (Å²) in [5.74, 6) is -1.21. The van der Waals surface area contributed by atoms with Crippen LogP contribution in [0, 0.1) is 10.1 Å². The number of hydrogen-bond acceptors (Lipinski definition) is 6. The molecular weight excluding hydrogens is 600 g/mol. The van der Waals surface area contributed by atoms with Gasteiger partial charge in [0.15, 0.2) is 0 Å². The van der Waals surface area contributed by atoms with Crippen molar-refractivity contribution in [2.75, 3.05) is 10.6 Å². The average Bonchev–Trinajstić information content (AvgIpc) is 3.09. The number of benzene rings is 5. The summed E-state index contributed by atoms with van der Waals surface area (Å²) in [6.45, 7) is 0. The summed E-state index contributed by atoms with van der Waals surface area (Å²) in [4.78, 5) is 50.9. The second-order valence-electron chi connectivity index (χ2n) is 9.97. The fourth-order valence-corrected chi connectivity index (χ4v) is 5.41. The molecule has 3 amide bonds. The Labute approximate surface area is 269 Å². The Hall–Kier alpha value is -6.00. The maximum Gasteiger partial charge on any atom is 0.272 e. The number of rotatable bonds is 11. The molecule has 46 heavy (non-hydrogen) atoms. The number of non-ortho nitro benzene ring substituents is 1. The largest absolute Gasteiger partial charge is 0.325 e. The number of anilines is 2. The van der Waals surface area contributed by atoms with Crippen LogP contribution in [0.15, 0.2) is 150 Å². The van der Waals surface area contributed by atoms with E-state index < -0.39 is 22.0 Å². The molecule has 0 aliphatic heterocycles. The van der Waals surface area contributed by atoms with Crippen molar-refractivity contribution in [1.29, 1.82) is 0 Å². The van der Waals surface area contributed by atoms with E-state index in [0.717, 1.165) is 16.0 Å². The van der Waals surface area contributed by atoms with Crippen molar-refractivity contribution in [2.24, 2.45) is 0 Å². The summed E-state index contributed by atoms with van der Waals surface area (Å²) in [6.07, 6.45) is 1.61. The molecule has 0 aliphatic carbocycles. The van der Waals surface area contributed by atoms with Gasteiger partial charge in [-0.1, -0.05) is 78.9 Å². The monoisotopic (exact) mass is 628 g/mol. The second kappa shape index (κ2) is 15.1. The Morgan fingerprint density at radius 2 is 1.22 bits per heavy atom. The predicted octanol–water partition coefficient (Wildman–Crippen LogP) is 7.48. The molecule has 5 rings (SSSR count). The third kappa shape index (κ3) is 8.55. The van der Waals surface area contributed by atoms with Crippen LogP contribution in [-0.2, 0) is 9.59 Å². The van der Waals surface area contributed by atoms with E-state index in [1.165, 1.54) is 36.0 Å². The molecule has 0 saturated carbocycles. The molecule has 5 aromatic carbocycles. The molecule has 0 radical (unpaired) electrons. The molecule has 0 spiro atoms. The molecule has 0 bridgehead atoms. The molecular formula is C36H28N4O5S. The van der Waals surface area contributed by atoms with E-state index in [1.54, 1.807) is 60.7 Å². The lowest BCUT2D eigenvalue weighted by molar-refractivity contribution is -0.384. The molecule has 5 aromatic rings. The SMILES string of the molecule is O=C(Nc1ccc(SC(C(=O)Nc2ccc([N+](=O)[O-])cc2)c2ccccc2)cc1)/C(=C/c1ccccc1)NC(=O)c1ccccc1. The number of nitro groups is 1. The van der Waals surface area contributed by atoms with Gasteiger partial charge in [-0.15, -0.1) is 11.8 Å². The van der Waals surface area contributed by atoms with Gasteiger partial charge in [0, 0.05) is 34.0 Å². The third-order valence-electron chi connectivity index (χ3n) is 6.69. The Kier molecular flexibility index (Phi) is 10.3. The highest BCUT2D eigenvalue weighted by atomic mass is 32.2. The minimum Gasteiger partial charge on any atom is -0.325 e. The number of nitrogens with zero attached hydrogens (tertiary/aromatic N) is 1. The number of nitrogens with one attached hydrogen (secondary N) is 3. The molecule has 10 heteroatoms. The lowest BCUT2D eigenvalue weighted by Crippen LogP contribution is -2.30. The van der Waals surface area contributed by atoms with Crippen LogP contribution in [0.5, 0.6) is 0 Å². The zero-order chi connectivity index (χ0) is 32.3. The van der Waals surface area contributed by atoms with Gasteiger partial charge < -0.3 is 16.0 Å². The molecule has 0 saturated heterocycles. The highest BCUT2D eigenvalue weighted by Crippen LogP contribution is 2.37. The number of carbonyl (C=O) groups is 3. The maximum absolute atomic E-state index is 13.4. The zero-order valence-corrected chi connectivity index (χ0v) is 25.1. The molecule has 9 nitrogen and oxygen atoms in total. The molecule has 3 N–H and O–H groups in total. The standard InChI is InChI=1S/C36H28N4O5S/c41-34(27-14-8-3-9-15-27)39-32(24-25-10-4-1-5-11-25)35(42)37-29-18-22-31(23-19-29)46-33(26-12-6-2-7-13-26)36(43)38-28-16-20-30(21-17-28)40(44)45/h1-24,33H,(H,37,42)(H,38,43)(H,39,41)/b32-24-. The first-order chi connectivity index (χ1) is 22.4. The zero-order valence-electron chi connectivity index (χ0n) is 24.3. The lowest BCUT2D eigenvalue weighted by atomic mass is 10.1. The molecule has 0 heterocycles. The first-order valence-corrected chi connectivity index (χ1v) is 15.1. The molecule has 0 aromatic heterocycles. The van der Waals surface area contributed by atoms with Crippen LogP contribution < -0.4 is 16.0 Å². The van der Waals surface area contributed by atoms with Gasteiger partial charge in [0.2, 0.25) is 5.91 Å². The smallest absolute Gasteiger partial charge is 0.272 e. The normalized spacial score (nSPS) is 11.6. The van der Waals surface area contributed by atoms with Crippen LogP contribution in [-0.4, -0.2) is 22.6 Å². The fraction of sp³-hybridized carbons (Fsp3) is 0.0278. The van der Waals surface area contributed by atoms with Gasteiger partial charge in [0.25, 0.3) is 17.5 Å². The van der Waals surface area contributed by atoms with Crippen LogP contribution in [0.25, 0.3) is 6.08 Å². The third-order valence-corrected chi connectivity index (χ3v) is 7.96. The van der Waals surface area contributed by atoms with Gasteiger partial charge in [-0.3, -0.25) is 24.5 Å². The van der Waals surface area contributed by atoms with E-state index in [9.17, 15) is 24.5 Å². The molecule has 0 aliphatic rings. The fourth-order valence-electron chi connectivity index (χ4n) is 4.38. The summed E-state index contributed by atoms with van der Waals surface area (Å²) in [5, 5.41) is 18.8. The number of thioether (sulfide) groups is 1. The van der Waals surface area contributed by atoms with Crippen LogP contribution in [0.3, 0.4) is 0 Å². The minimum absolute atomic E-state index is 0.0691. The van der Waals surface area contributed by atoms with Crippen molar-refractivity contribution in [1.82, 2.24) is 5.32 Å². The first-order valence-electron chi connectivity index (χ1n) is 14.2. The average molecular weight is 629 g/mol. The molecule has 228 valence electrons.